The first-order chi connectivity index (χ1) is 13.4. The van der Waals surface area contributed by atoms with Crippen molar-refractivity contribution in [3.8, 4) is 0 Å². The monoisotopic (exact) mass is 399 g/mol. The lowest BCUT2D eigenvalue weighted by Crippen LogP contribution is -2.34. The van der Waals surface area contributed by atoms with Gasteiger partial charge in [0.05, 0.1) is 5.75 Å². The maximum atomic E-state index is 12.9. The summed E-state index contributed by atoms with van der Waals surface area (Å²) >= 11 is 0.987. The van der Waals surface area contributed by atoms with Crippen molar-refractivity contribution in [3.63, 3.8) is 0 Å². The summed E-state index contributed by atoms with van der Waals surface area (Å²) in [6, 6.07) is 13.1. The highest BCUT2D eigenvalue weighted by atomic mass is 32.2. The normalized spacial score (nSPS) is 10.6. The van der Waals surface area contributed by atoms with E-state index >= 15 is 0 Å². The van der Waals surface area contributed by atoms with Crippen LogP contribution >= 0.6 is 11.8 Å². The van der Waals surface area contributed by atoms with Crippen LogP contribution in [0.2, 0.25) is 0 Å². The third-order valence-electron chi connectivity index (χ3n) is 3.88. The molecular weight excluding hydrogens is 381 g/mol. The van der Waals surface area contributed by atoms with Gasteiger partial charge >= 0.3 is 0 Å². The molecule has 0 atom stereocenters. The number of amides is 1. The van der Waals surface area contributed by atoms with Gasteiger partial charge in [-0.15, -0.1) is 10.2 Å². The second-order valence-corrected chi connectivity index (χ2v) is 7.05. The number of benzene rings is 2. The van der Waals surface area contributed by atoms with Crippen molar-refractivity contribution in [3.05, 3.63) is 81.5 Å². The molecule has 3 rings (SSSR count). The molecule has 0 spiro atoms. The number of hydrogen-bond acceptors (Lipinski definition) is 6. The zero-order valence-electron chi connectivity index (χ0n) is 15.1. The third kappa shape index (κ3) is 4.95. The number of anilines is 1. The molecule has 0 aliphatic rings. The summed E-state index contributed by atoms with van der Waals surface area (Å²) in [6.45, 7) is 1.98. The molecule has 0 aliphatic carbocycles. The summed E-state index contributed by atoms with van der Waals surface area (Å²) in [4.78, 5) is 24.4. The van der Waals surface area contributed by atoms with Gasteiger partial charge in [-0.3, -0.25) is 9.59 Å². The second-order valence-electron chi connectivity index (χ2n) is 6.11. The SMILES string of the molecule is Cc1ccc(Cc2nnc(SCC(=O)Nc3ccc(F)cc3)n(N)c2=O)cc1. The summed E-state index contributed by atoms with van der Waals surface area (Å²) in [5.41, 5.74) is 2.29. The molecule has 2 aromatic carbocycles. The van der Waals surface area contributed by atoms with Gasteiger partial charge in [0, 0.05) is 12.1 Å². The average molecular weight is 399 g/mol. The van der Waals surface area contributed by atoms with Crippen molar-refractivity contribution in [1.29, 1.82) is 0 Å². The molecule has 0 aliphatic heterocycles. The van der Waals surface area contributed by atoms with E-state index in [0.29, 0.717) is 12.1 Å². The van der Waals surface area contributed by atoms with E-state index in [1.807, 2.05) is 31.2 Å². The van der Waals surface area contributed by atoms with Crippen LogP contribution in [0.4, 0.5) is 10.1 Å². The number of nitrogens with zero attached hydrogens (tertiary/aromatic N) is 3. The smallest absolute Gasteiger partial charge is 0.294 e. The topological polar surface area (TPSA) is 103 Å². The number of halogens is 1. The van der Waals surface area contributed by atoms with E-state index in [9.17, 15) is 14.0 Å². The van der Waals surface area contributed by atoms with E-state index in [-0.39, 0.29) is 28.3 Å². The van der Waals surface area contributed by atoms with E-state index in [1.165, 1.54) is 24.3 Å². The van der Waals surface area contributed by atoms with E-state index in [4.69, 9.17) is 5.84 Å². The van der Waals surface area contributed by atoms with Crippen molar-refractivity contribution < 1.29 is 9.18 Å². The van der Waals surface area contributed by atoms with Crippen LogP contribution in [-0.2, 0) is 11.2 Å². The predicted octanol–water partition coefficient (Wildman–Crippen LogP) is 2.12. The van der Waals surface area contributed by atoms with Crippen molar-refractivity contribution in [2.45, 2.75) is 18.5 Å². The molecule has 0 saturated carbocycles. The zero-order chi connectivity index (χ0) is 20.1. The number of rotatable bonds is 6. The van der Waals surface area contributed by atoms with Gasteiger partial charge in [0.15, 0.2) is 0 Å². The van der Waals surface area contributed by atoms with E-state index < -0.39 is 5.56 Å². The van der Waals surface area contributed by atoms with Crippen LogP contribution in [0.25, 0.3) is 0 Å². The van der Waals surface area contributed by atoms with Gasteiger partial charge in [0.1, 0.15) is 11.5 Å². The van der Waals surface area contributed by atoms with E-state index in [2.05, 4.69) is 15.5 Å². The Balaban J connectivity index is 1.63. The Labute approximate surface area is 164 Å². The first kappa shape index (κ1) is 19.6. The highest BCUT2D eigenvalue weighted by Crippen LogP contribution is 2.14. The van der Waals surface area contributed by atoms with Crippen LogP contribution in [0, 0.1) is 12.7 Å². The van der Waals surface area contributed by atoms with Gasteiger partial charge in [0.2, 0.25) is 11.1 Å². The number of aromatic nitrogens is 3. The number of hydrogen-bond donors (Lipinski definition) is 2. The molecule has 3 N–H and O–H groups in total. The van der Waals surface area contributed by atoms with Gasteiger partial charge in [-0.2, -0.15) is 4.68 Å². The Hall–Kier alpha value is -3.20. The maximum absolute atomic E-state index is 12.9. The lowest BCUT2D eigenvalue weighted by Gasteiger charge is -2.08. The molecule has 0 radical (unpaired) electrons. The Kier molecular flexibility index (Phi) is 6.05. The number of nitrogens with two attached hydrogens (primary N) is 1. The molecule has 1 amide bonds. The van der Waals surface area contributed by atoms with E-state index in [0.717, 1.165) is 27.6 Å². The number of carbonyl (C=O) groups is 1. The van der Waals surface area contributed by atoms with E-state index in [1.54, 1.807) is 0 Å². The third-order valence-corrected chi connectivity index (χ3v) is 4.82. The zero-order valence-corrected chi connectivity index (χ0v) is 15.9. The molecule has 1 aromatic heterocycles. The first-order valence-electron chi connectivity index (χ1n) is 8.40. The Bertz CT molecular complexity index is 1040. The van der Waals surface area contributed by atoms with Gasteiger partial charge in [0.25, 0.3) is 5.56 Å². The van der Waals surface area contributed by atoms with Crippen LogP contribution in [0.5, 0.6) is 0 Å². The van der Waals surface area contributed by atoms with Crippen LogP contribution in [-0.4, -0.2) is 26.5 Å². The molecule has 0 bridgehead atoms. The minimum Gasteiger partial charge on any atom is -0.334 e. The first-order valence-corrected chi connectivity index (χ1v) is 9.38. The molecule has 0 unspecified atom stereocenters. The van der Waals surface area contributed by atoms with Crippen molar-refractivity contribution in [1.82, 2.24) is 14.9 Å². The van der Waals surface area contributed by atoms with Gasteiger partial charge in [-0.05, 0) is 36.8 Å². The number of nitrogens with one attached hydrogen (secondary N) is 1. The molecule has 28 heavy (non-hydrogen) atoms. The number of thioether (sulfide) groups is 1. The van der Waals surface area contributed by atoms with Crippen molar-refractivity contribution >= 4 is 23.4 Å². The number of nitrogen functional groups attached to an aromatic ring is 1. The maximum Gasteiger partial charge on any atom is 0.294 e. The fourth-order valence-electron chi connectivity index (χ4n) is 2.39. The fourth-order valence-corrected chi connectivity index (χ4v) is 3.04. The Morgan fingerprint density at radius 2 is 1.82 bits per heavy atom. The highest BCUT2D eigenvalue weighted by Gasteiger charge is 2.13. The standard InChI is InChI=1S/C19H18FN5O2S/c1-12-2-4-13(5-3-12)10-16-18(27)25(21)19(24-23-16)28-11-17(26)22-15-8-6-14(20)7-9-15/h2-9H,10-11,21H2,1H3,(H,22,26). The van der Waals surface area contributed by atoms with Crippen LogP contribution < -0.4 is 16.7 Å². The lowest BCUT2D eigenvalue weighted by molar-refractivity contribution is -0.113. The highest BCUT2D eigenvalue weighted by molar-refractivity contribution is 7.99. The molecule has 144 valence electrons. The number of aryl methyl sites for hydroxylation is 1. The molecule has 7 nitrogen and oxygen atoms in total. The molecule has 9 heteroatoms. The minimum atomic E-state index is -0.461. The Morgan fingerprint density at radius 1 is 1.14 bits per heavy atom. The van der Waals surface area contributed by atoms with Crippen LogP contribution in [0.15, 0.2) is 58.5 Å². The summed E-state index contributed by atoms with van der Waals surface area (Å²) < 4.78 is 13.8. The molecule has 3 aromatic rings. The molecule has 0 fully saturated rings. The summed E-state index contributed by atoms with van der Waals surface area (Å²) in [7, 11) is 0. The van der Waals surface area contributed by atoms with Gasteiger partial charge in [-0.1, -0.05) is 41.6 Å². The number of carbonyl (C=O) groups excluding carboxylic acids is 1. The van der Waals surface area contributed by atoms with Gasteiger partial charge in [-0.25, -0.2) is 4.39 Å². The molecule has 1 heterocycles. The minimum absolute atomic E-state index is 0.0278. The van der Waals surface area contributed by atoms with Crippen LogP contribution in [0.3, 0.4) is 0 Å². The average Bonchev–Trinajstić information content (AvgIpc) is 2.68. The predicted molar refractivity (Wildman–Crippen MR) is 106 cm³/mol. The Morgan fingerprint density at radius 3 is 2.50 bits per heavy atom. The second kappa shape index (κ2) is 8.66. The van der Waals surface area contributed by atoms with Crippen molar-refractivity contribution in [2.75, 3.05) is 16.9 Å². The lowest BCUT2D eigenvalue weighted by atomic mass is 10.1. The summed E-state index contributed by atoms with van der Waals surface area (Å²) in [5, 5.41) is 10.7. The quantitative estimate of drug-likeness (QED) is 0.486. The van der Waals surface area contributed by atoms with Gasteiger partial charge < -0.3 is 11.2 Å². The molecular formula is C19H18FN5O2S. The fraction of sp³-hybridized carbons (Fsp3) is 0.158. The largest absolute Gasteiger partial charge is 0.334 e. The van der Waals surface area contributed by atoms with Crippen LogP contribution in [0.1, 0.15) is 16.8 Å². The summed E-state index contributed by atoms with van der Waals surface area (Å²) in [5.74, 6) is 5.07. The summed E-state index contributed by atoms with van der Waals surface area (Å²) in [6.07, 6.45) is 0.319. The molecule has 0 saturated heterocycles. The van der Waals surface area contributed by atoms with Crippen molar-refractivity contribution in [2.24, 2.45) is 0 Å².